The van der Waals surface area contributed by atoms with E-state index in [2.05, 4.69) is 10.1 Å². The predicted octanol–water partition coefficient (Wildman–Crippen LogP) is 2.13. The summed E-state index contributed by atoms with van der Waals surface area (Å²) >= 11 is 0. The van der Waals surface area contributed by atoms with Crippen LogP contribution >= 0.6 is 0 Å². The van der Waals surface area contributed by atoms with Gasteiger partial charge in [0.2, 0.25) is 21.8 Å². The number of hydrogen-bond donors (Lipinski definition) is 1. The third kappa shape index (κ3) is 6.07. The van der Waals surface area contributed by atoms with E-state index in [0.717, 1.165) is 11.1 Å². The highest BCUT2D eigenvalue weighted by atomic mass is 32.2. The second-order valence-corrected chi connectivity index (χ2v) is 10.6. The van der Waals surface area contributed by atoms with Gasteiger partial charge in [0.15, 0.2) is 0 Å². The van der Waals surface area contributed by atoms with E-state index in [1.54, 1.807) is 48.5 Å². The smallest absolute Gasteiger partial charge is 0.337 e. The zero-order valence-corrected chi connectivity index (χ0v) is 21.2. The van der Waals surface area contributed by atoms with Crippen molar-refractivity contribution in [1.29, 1.82) is 0 Å². The van der Waals surface area contributed by atoms with Crippen LogP contribution in [-0.2, 0) is 30.9 Å². The van der Waals surface area contributed by atoms with E-state index in [1.165, 1.54) is 23.2 Å². The first kappa shape index (κ1) is 26.4. The third-order valence-corrected chi connectivity index (χ3v) is 8.00. The van der Waals surface area contributed by atoms with Crippen molar-refractivity contribution in [3.63, 3.8) is 0 Å². The molecule has 3 rings (SSSR count). The Morgan fingerprint density at radius 3 is 2.20 bits per heavy atom. The molecule has 0 spiro atoms. The Hall–Kier alpha value is -3.24. The highest BCUT2D eigenvalue weighted by molar-refractivity contribution is 7.89. The average molecular weight is 502 g/mol. The van der Waals surface area contributed by atoms with Gasteiger partial charge in [0.1, 0.15) is 6.04 Å². The fraction of sp³-hybridized carbons (Fsp3) is 0.400. The van der Waals surface area contributed by atoms with Gasteiger partial charge in [0.05, 0.1) is 17.6 Å². The molecule has 0 aromatic heterocycles. The van der Waals surface area contributed by atoms with Gasteiger partial charge in [-0.05, 0) is 41.3 Å². The highest BCUT2D eigenvalue weighted by Gasteiger charge is 2.40. The maximum atomic E-state index is 13.5. The van der Waals surface area contributed by atoms with Crippen LogP contribution in [0.2, 0.25) is 0 Å². The van der Waals surface area contributed by atoms with Crippen molar-refractivity contribution in [2.75, 3.05) is 26.7 Å². The molecule has 1 atom stereocenters. The van der Waals surface area contributed by atoms with Crippen molar-refractivity contribution in [3.05, 3.63) is 65.2 Å². The minimum Gasteiger partial charge on any atom is -0.465 e. The number of nitrogens with zero attached hydrogens (tertiary/aromatic N) is 2. The van der Waals surface area contributed by atoms with Gasteiger partial charge in [0.25, 0.3) is 0 Å². The highest BCUT2D eigenvalue weighted by Crippen LogP contribution is 2.24. The molecule has 0 aliphatic carbocycles. The van der Waals surface area contributed by atoms with Crippen molar-refractivity contribution in [3.8, 4) is 0 Å². The maximum absolute atomic E-state index is 13.5. The lowest BCUT2D eigenvalue weighted by molar-refractivity contribution is -0.134. The summed E-state index contributed by atoms with van der Waals surface area (Å²) in [6.07, 6.45) is 0. The zero-order chi connectivity index (χ0) is 25.8. The minimum atomic E-state index is -3.97. The summed E-state index contributed by atoms with van der Waals surface area (Å²) in [4.78, 5) is 38.3. The van der Waals surface area contributed by atoms with Gasteiger partial charge in [-0.15, -0.1) is 0 Å². The molecule has 2 amide bonds. The minimum absolute atomic E-state index is 0.0136. The van der Waals surface area contributed by atoms with Crippen LogP contribution in [0.3, 0.4) is 0 Å². The Labute approximate surface area is 206 Å². The number of piperazine rings is 1. The van der Waals surface area contributed by atoms with E-state index >= 15 is 0 Å². The molecule has 0 radical (unpaired) electrons. The maximum Gasteiger partial charge on any atom is 0.337 e. The van der Waals surface area contributed by atoms with E-state index in [9.17, 15) is 22.8 Å². The van der Waals surface area contributed by atoms with E-state index in [-0.39, 0.29) is 42.9 Å². The molecule has 1 aliphatic heterocycles. The van der Waals surface area contributed by atoms with Gasteiger partial charge in [-0.1, -0.05) is 38.1 Å². The number of esters is 1. The molecule has 1 N–H and O–H groups in total. The molecule has 0 saturated carbocycles. The number of benzene rings is 2. The Morgan fingerprint density at radius 2 is 1.66 bits per heavy atom. The molecule has 2 aromatic carbocycles. The zero-order valence-electron chi connectivity index (χ0n) is 20.4. The molecule has 35 heavy (non-hydrogen) atoms. The molecule has 1 saturated heterocycles. The number of hydrogen-bond acceptors (Lipinski definition) is 6. The fourth-order valence-electron chi connectivity index (χ4n) is 3.90. The summed E-state index contributed by atoms with van der Waals surface area (Å²) in [6.45, 7) is 5.76. The number of rotatable bonds is 7. The second kappa shape index (κ2) is 11.0. The summed E-state index contributed by atoms with van der Waals surface area (Å²) in [7, 11) is -2.67. The SMILES string of the molecule is COC(=O)c1ccc(CNC(=O)C2CN(C(C)=O)CCN2S(=O)(=O)c2ccc(C(C)C)cc2)cc1. The standard InChI is InChI=1S/C25H31N3O6S/c1-17(2)20-9-11-22(12-10-20)35(32,33)28-14-13-27(18(3)29)16-23(28)24(30)26-15-19-5-7-21(8-6-19)25(31)34-4/h5-12,17,23H,13-16H2,1-4H3,(H,26,30). The number of amides is 2. The van der Waals surface area contributed by atoms with Crippen LogP contribution in [0.4, 0.5) is 0 Å². The molecule has 1 aliphatic rings. The Balaban J connectivity index is 1.80. The molecule has 0 bridgehead atoms. The number of nitrogens with one attached hydrogen (secondary N) is 1. The number of methoxy groups -OCH3 is 1. The molecule has 2 aromatic rings. The average Bonchev–Trinajstić information content (AvgIpc) is 2.86. The van der Waals surface area contributed by atoms with E-state index in [1.807, 2.05) is 13.8 Å². The van der Waals surface area contributed by atoms with Crippen molar-refractivity contribution in [2.24, 2.45) is 0 Å². The van der Waals surface area contributed by atoms with Gasteiger partial charge < -0.3 is 15.0 Å². The second-order valence-electron chi connectivity index (χ2n) is 8.73. The monoisotopic (exact) mass is 501 g/mol. The Morgan fingerprint density at radius 1 is 1.03 bits per heavy atom. The van der Waals surface area contributed by atoms with Gasteiger partial charge in [-0.2, -0.15) is 4.31 Å². The molecule has 1 heterocycles. The summed E-state index contributed by atoms with van der Waals surface area (Å²) < 4.78 is 32.8. The lowest BCUT2D eigenvalue weighted by Crippen LogP contribution is -2.61. The van der Waals surface area contributed by atoms with Crippen molar-refractivity contribution in [2.45, 2.75) is 44.2 Å². The van der Waals surface area contributed by atoms with E-state index < -0.39 is 27.9 Å². The first-order valence-electron chi connectivity index (χ1n) is 11.4. The van der Waals surface area contributed by atoms with Crippen LogP contribution in [0.15, 0.2) is 53.4 Å². The normalized spacial score (nSPS) is 16.7. The first-order valence-corrected chi connectivity index (χ1v) is 12.8. The molecular weight excluding hydrogens is 470 g/mol. The fourth-order valence-corrected chi connectivity index (χ4v) is 5.47. The topological polar surface area (TPSA) is 113 Å². The first-order chi connectivity index (χ1) is 16.5. The lowest BCUT2D eigenvalue weighted by Gasteiger charge is -2.39. The number of sulfonamides is 1. The lowest BCUT2D eigenvalue weighted by atomic mass is 10.0. The third-order valence-electron chi connectivity index (χ3n) is 6.07. The predicted molar refractivity (Wildman–Crippen MR) is 130 cm³/mol. The van der Waals surface area contributed by atoms with E-state index in [0.29, 0.717) is 5.56 Å². The molecular formula is C25H31N3O6S. The molecule has 9 nitrogen and oxygen atoms in total. The van der Waals surface area contributed by atoms with E-state index in [4.69, 9.17) is 0 Å². The number of carbonyl (C=O) groups is 3. The summed E-state index contributed by atoms with van der Waals surface area (Å²) in [6, 6.07) is 12.1. The Kier molecular flexibility index (Phi) is 8.29. The van der Waals surface area contributed by atoms with Gasteiger partial charge in [-0.3, -0.25) is 9.59 Å². The van der Waals surface area contributed by atoms with Crippen molar-refractivity contribution < 1.29 is 27.5 Å². The van der Waals surface area contributed by atoms with Crippen LogP contribution in [0.1, 0.15) is 48.2 Å². The van der Waals surface area contributed by atoms with Crippen LogP contribution < -0.4 is 5.32 Å². The van der Waals surface area contributed by atoms with Crippen LogP contribution in [-0.4, -0.2) is 68.2 Å². The molecule has 10 heteroatoms. The molecule has 1 fully saturated rings. The quantitative estimate of drug-likeness (QED) is 0.582. The summed E-state index contributed by atoms with van der Waals surface area (Å²) in [5, 5.41) is 2.77. The van der Waals surface area contributed by atoms with Crippen LogP contribution in [0.25, 0.3) is 0 Å². The van der Waals surface area contributed by atoms with Gasteiger partial charge >= 0.3 is 5.97 Å². The van der Waals surface area contributed by atoms with Crippen LogP contribution in [0.5, 0.6) is 0 Å². The van der Waals surface area contributed by atoms with Crippen molar-refractivity contribution in [1.82, 2.24) is 14.5 Å². The van der Waals surface area contributed by atoms with Crippen LogP contribution in [0, 0.1) is 0 Å². The molecule has 188 valence electrons. The molecule has 1 unspecified atom stereocenters. The largest absolute Gasteiger partial charge is 0.465 e. The number of ether oxygens (including phenoxy) is 1. The van der Waals surface area contributed by atoms with Gasteiger partial charge in [-0.25, -0.2) is 13.2 Å². The number of carbonyl (C=O) groups excluding carboxylic acids is 3. The van der Waals surface area contributed by atoms with Gasteiger partial charge in [0, 0.05) is 33.1 Å². The summed E-state index contributed by atoms with van der Waals surface area (Å²) in [5.74, 6) is -0.935. The van der Waals surface area contributed by atoms with Crippen molar-refractivity contribution >= 4 is 27.8 Å². The Bertz CT molecular complexity index is 1180. The summed E-state index contributed by atoms with van der Waals surface area (Å²) in [5.41, 5.74) is 2.12.